The predicted molar refractivity (Wildman–Crippen MR) is 186 cm³/mol. The van der Waals surface area contributed by atoms with Gasteiger partial charge in [-0.15, -0.1) is 0 Å². The van der Waals surface area contributed by atoms with Crippen LogP contribution in [0.3, 0.4) is 0 Å². The van der Waals surface area contributed by atoms with Crippen LogP contribution in [0.1, 0.15) is 0 Å². The molecule has 0 spiro atoms. The van der Waals surface area contributed by atoms with Crippen LogP contribution >= 0.6 is 0 Å². The monoisotopic (exact) mass is 580 g/mol. The van der Waals surface area contributed by atoms with Gasteiger partial charge in [0.1, 0.15) is 0 Å². The number of anilines is 4. The summed E-state index contributed by atoms with van der Waals surface area (Å²) in [5, 5.41) is 2.11. The fourth-order valence-electron chi connectivity index (χ4n) is 5.59. The summed E-state index contributed by atoms with van der Waals surface area (Å²) < 4.78 is 0. The highest BCUT2D eigenvalue weighted by Gasteiger charge is 2.28. The Morgan fingerprint density at radius 2 is 0.810 bits per heavy atom. The van der Waals surface area contributed by atoms with Gasteiger partial charge >= 0.3 is 0 Å². The lowest BCUT2D eigenvalue weighted by molar-refractivity contribution is 0.604. The Labute approximate surface area is 253 Å². The molecule has 42 heavy (non-hydrogen) atoms. The Kier molecular flexibility index (Phi) is 11.4. The van der Waals surface area contributed by atoms with Crippen molar-refractivity contribution in [1.82, 2.24) is 19.6 Å². The second-order valence-electron chi connectivity index (χ2n) is 10.9. The standard InChI is InChI=1S/C30H52N12/c1-31-27(35(5)6)39(13)22-19-17-18-21-25(22)23(40(14)28(32-2)36(7)8)20-24(41(15)29(33-3)37(9)10)26(21)42(16)30(34-4)38(11)12/h17-20H,1-16H3. The van der Waals surface area contributed by atoms with Crippen LogP contribution in [-0.2, 0) is 0 Å². The van der Waals surface area contributed by atoms with E-state index in [1.807, 2.05) is 111 Å². The van der Waals surface area contributed by atoms with E-state index in [0.717, 1.165) is 57.4 Å². The lowest BCUT2D eigenvalue weighted by Crippen LogP contribution is -2.42. The Bertz CT molecular complexity index is 1350. The molecule has 2 rings (SSSR count). The Morgan fingerprint density at radius 1 is 0.452 bits per heavy atom. The lowest BCUT2D eigenvalue weighted by Gasteiger charge is -2.37. The Hall–Kier alpha value is -4.22. The van der Waals surface area contributed by atoms with E-state index in [-0.39, 0.29) is 0 Å². The molecule has 0 saturated heterocycles. The first-order valence-electron chi connectivity index (χ1n) is 13.8. The molecule has 0 aliphatic rings. The Morgan fingerprint density at radius 3 is 1.19 bits per heavy atom. The van der Waals surface area contributed by atoms with Gasteiger partial charge in [0.05, 0.1) is 22.7 Å². The molecule has 0 N–H and O–H groups in total. The number of nitrogens with zero attached hydrogens (tertiary/aromatic N) is 12. The third-order valence-corrected chi connectivity index (χ3v) is 7.09. The molecular formula is C30H52N12. The molecule has 2 aromatic rings. The number of hydrogen-bond acceptors (Lipinski definition) is 4. The summed E-state index contributed by atoms with van der Waals surface area (Å²) in [6.45, 7) is 0. The summed E-state index contributed by atoms with van der Waals surface area (Å²) >= 11 is 0. The topological polar surface area (TPSA) is 75.4 Å². The minimum absolute atomic E-state index is 0.815. The molecule has 0 bridgehead atoms. The van der Waals surface area contributed by atoms with E-state index >= 15 is 0 Å². The van der Waals surface area contributed by atoms with Crippen LogP contribution < -0.4 is 19.6 Å². The van der Waals surface area contributed by atoms with Gasteiger partial charge in [-0.05, 0) is 12.1 Å². The zero-order valence-electron chi connectivity index (χ0n) is 28.7. The van der Waals surface area contributed by atoms with Crippen LogP contribution in [0.15, 0.2) is 44.2 Å². The Balaban J connectivity index is 3.30. The number of aliphatic imine (C=N–C) groups is 4. The molecule has 0 saturated carbocycles. The number of benzene rings is 2. The molecule has 0 aromatic heterocycles. The van der Waals surface area contributed by atoms with E-state index in [1.165, 1.54) is 0 Å². The van der Waals surface area contributed by atoms with Crippen molar-refractivity contribution in [2.75, 3.05) is 132 Å². The molecular weight excluding hydrogens is 528 g/mol. The highest BCUT2D eigenvalue weighted by Crippen LogP contribution is 2.46. The molecule has 0 aliphatic carbocycles. The summed E-state index contributed by atoms with van der Waals surface area (Å²) in [5.74, 6) is 3.29. The first-order valence-corrected chi connectivity index (χ1v) is 13.8. The SMILES string of the molecule is CN=C(N(C)C)N(C)c1cc(N(C)C(=NC)N(C)C)c2c(N(C)C(=NC)N(C)C)cccc2c1N(C)C(=NC)N(C)C. The van der Waals surface area contributed by atoms with Crippen molar-refractivity contribution in [3.8, 4) is 0 Å². The quantitative estimate of drug-likeness (QED) is 0.404. The minimum Gasteiger partial charge on any atom is -0.349 e. The van der Waals surface area contributed by atoms with Crippen LogP contribution in [0.2, 0.25) is 0 Å². The largest absolute Gasteiger partial charge is 0.349 e. The molecule has 0 atom stereocenters. The molecule has 232 valence electrons. The highest BCUT2D eigenvalue weighted by molar-refractivity contribution is 6.22. The van der Waals surface area contributed by atoms with Crippen LogP contribution in [-0.4, -0.2) is 156 Å². The summed E-state index contributed by atoms with van der Waals surface area (Å²) in [6, 6.07) is 8.63. The van der Waals surface area contributed by atoms with Gasteiger partial charge in [-0.2, -0.15) is 0 Å². The smallest absolute Gasteiger partial charge is 0.200 e. The third-order valence-electron chi connectivity index (χ3n) is 7.09. The lowest BCUT2D eigenvalue weighted by atomic mass is 10.0. The fourth-order valence-corrected chi connectivity index (χ4v) is 5.59. The normalized spacial score (nSPS) is 12.9. The molecule has 0 aliphatic heterocycles. The number of rotatable bonds is 4. The maximum atomic E-state index is 4.65. The second kappa shape index (κ2) is 14.1. The van der Waals surface area contributed by atoms with E-state index in [0.29, 0.717) is 0 Å². The van der Waals surface area contributed by atoms with Gasteiger partial charge in [-0.1, -0.05) is 12.1 Å². The van der Waals surface area contributed by atoms with Gasteiger partial charge in [0.25, 0.3) is 0 Å². The summed E-state index contributed by atoms with van der Waals surface area (Å²) in [7, 11) is 31.5. The van der Waals surface area contributed by atoms with Crippen LogP contribution in [0.4, 0.5) is 22.7 Å². The highest BCUT2D eigenvalue weighted by atomic mass is 15.4. The molecule has 12 nitrogen and oxygen atoms in total. The fraction of sp³-hybridized carbons (Fsp3) is 0.533. The van der Waals surface area contributed by atoms with E-state index in [9.17, 15) is 0 Å². The van der Waals surface area contributed by atoms with Crippen LogP contribution in [0.25, 0.3) is 10.8 Å². The molecule has 0 unspecified atom stereocenters. The van der Waals surface area contributed by atoms with Gasteiger partial charge in [-0.25, -0.2) is 0 Å². The maximum absolute atomic E-state index is 4.65. The van der Waals surface area contributed by atoms with Crippen LogP contribution in [0, 0.1) is 0 Å². The van der Waals surface area contributed by atoms with Crippen molar-refractivity contribution < 1.29 is 0 Å². The van der Waals surface area contributed by atoms with Crippen molar-refractivity contribution in [3.63, 3.8) is 0 Å². The zero-order chi connectivity index (χ0) is 32.0. The van der Waals surface area contributed by atoms with Crippen molar-refractivity contribution >= 4 is 57.4 Å². The van der Waals surface area contributed by atoms with Crippen molar-refractivity contribution in [3.05, 3.63) is 24.3 Å². The van der Waals surface area contributed by atoms with E-state index < -0.39 is 0 Å². The number of hydrogen-bond donors (Lipinski definition) is 0. The second-order valence-corrected chi connectivity index (χ2v) is 10.9. The van der Waals surface area contributed by atoms with E-state index in [2.05, 4.69) is 85.0 Å². The first-order chi connectivity index (χ1) is 19.7. The predicted octanol–water partition coefficient (Wildman–Crippen LogP) is 2.77. The molecule has 0 fully saturated rings. The van der Waals surface area contributed by atoms with Gasteiger partial charge < -0.3 is 39.2 Å². The molecule has 2 aromatic carbocycles. The van der Waals surface area contributed by atoms with E-state index in [1.54, 1.807) is 0 Å². The van der Waals surface area contributed by atoms with Crippen molar-refractivity contribution in [1.29, 1.82) is 0 Å². The van der Waals surface area contributed by atoms with Crippen molar-refractivity contribution in [2.45, 2.75) is 0 Å². The average molecular weight is 581 g/mol. The summed E-state index contributed by atoms with van der Waals surface area (Å²) in [4.78, 5) is 35.1. The third kappa shape index (κ3) is 6.47. The number of fused-ring (bicyclic) bond motifs is 1. The van der Waals surface area contributed by atoms with E-state index in [4.69, 9.17) is 0 Å². The zero-order valence-corrected chi connectivity index (χ0v) is 28.7. The average Bonchev–Trinajstić information content (AvgIpc) is 2.92. The maximum Gasteiger partial charge on any atom is 0.200 e. The van der Waals surface area contributed by atoms with Crippen molar-refractivity contribution in [2.24, 2.45) is 20.0 Å². The molecule has 0 heterocycles. The molecule has 0 radical (unpaired) electrons. The van der Waals surface area contributed by atoms with Gasteiger partial charge in [-0.3, -0.25) is 20.0 Å². The molecule has 12 heteroatoms. The van der Waals surface area contributed by atoms with Gasteiger partial charge in [0.15, 0.2) is 23.8 Å². The minimum atomic E-state index is 0.815. The first kappa shape index (κ1) is 34.0. The summed E-state index contributed by atoms with van der Waals surface area (Å²) in [5.41, 5.74) is 3.97. The van der Waals surface area contributed by atoms with Crippen LogP contribution in [0.5, 0.6) is 0 Å². The number of guanidine groups is 4. The van der Waals surface area contributed by atoms with Gasteiger partial charge in [0, 0.05) is 124 Å². The van der Waals surface area contributed by atoms with Gasteiger partial charge in [0.2, 0.25) is 0 Å². The molecule has 0 amide bonds. The summed E-state index contributed by atoms with van der Waals surface area (Å²) in [6.07, 6.45) is 0.